The van der Waals surface area contributed by atoms with E-state index in [1.807, 2.05) is 41.9 Å². The van der Waals surface area contributed by atoms with E-state index >= 15 is 0 Å². The summed E-state index contributed by atoms with van der Waals surface area (Å²) in [5, 5.41) is 23.7. The van der Waals surface area contributed by atoms with Crippen LogP contribution in [-0.4, -0.2) is 36.3 Å². The van der Waals surface area contributed by atoms with Crippen LogP contribution >= 0.6 is 11.3 Å². The molecule has 5 aromatic carbocycles. The van der Waals surface area contributed by atoms with Gasteiger partial charge in [0.15, 0.2) is 5.82 Å². The number of tetrazole rings is 1. The molecular formula is C39H33N7OS. The molecule has 8 nitrogen and oxygen atoms in total. The summed E-state index contributed by atoms with van der Waals surface area (Å²) in [7, 11) is 0. The summed E-state index contributed by atoms with van der Waals surface area (Å²) in [5.74, 6) is 0.561. The second-order valence-electron chi connectivity index (χ2n) is 11.4. The largest absolute Gasteiger partial charge is 0.282 e. The van der Waals surface area contributed by atoms with E-state index in [4.69, 9.17) is 5.21 Å². The van der Waals surface area contributed by atoms with E-state index < -0.39 is 5.54 Å². The molecule has 2 heterocycles. The van der Waals surface area contributed by atoms with E-state index in [9.17, 15) is 4.79 Å². The Balaban J connectivity index is 1.33. The average molecular weight is 648 g/mol. The van der Waals surface area contributed by atoms with Gasteiger partial charge < -0.3 is 0 Å². The first kappa shape index (κ1) is 30.8. The van der Waals surface area contributed by atoms with Gasteiger partial charge in [0.2, 0.25) is 11.0 Å². The fraction of sp³-hybridized carbons (Fsp3) is 0.128. The van der Waals surface area contributed by atoms with Gasteiger partial charge in [-0.15, -0.1) is 15.3 Å². The van der Waals surface area contributed by atoms with Crippen molar-refractivity contribution in [3.8, 4) is 22.5 Å². The van der Waals surface area contributed by atoms with Crippen LogP contribution in [0.3, 0.4) is 0 Å². The fourth-order valence-electron chi connectivity index (χ4n) is 6.20. The molecule has 0 spiro atoms. The molecule has 0 N–H and O–H groups in total. The van der Waals surface area contributed by atoms with E-state index in [-0.39, 0.29) is 5.91 Å². The van der Waals surface area contributed by atoms with Gasteiger partial charge in [-0.2, -0.15) is 0 Å². The molecule has 0 fully saturated rings. The number of amides is 1. The number of aryl methyl sites for hydroxylation is 1. The summed E-state index contributed by atoms with van der Waals surface area (Å²) in [6.45, 7) is 3.99. The Morgan fingerprint density at radius 3 is 1.75 bits per heavy atom. The van der Waals surface area contributed by atoms with Crippen molar-refractivity contribution in [3.05, 3.63) is 167 Å². The zero-order valence-corrected chi connectivity index (χ0v) is 27.5. The minimum atomic E-state index is -0.863. The lowest BCUT2D eigenvalue weighted by molar-refractivity contribution is -0.116. The number of anilines is 1. The van der Waals surface area contributed by atoms with Crippen molar-refractivity contribution < 1.29 is 4.79 Å². The molecule has 0 atom stereocenters. The number of benzene rings is 5. The van der Waals surface area contributed by atoms with E-state index in [1.165, 1.54) is 11.3 Å². The van der Waals surface area contributed by atoms with Gasteiger partial charge >= 0.3 is 0 Å². The Morgan fingerprint density at radius 2 is 1.23 bits per heavy atom. The maximum Gasteiger partial charge on any atom is 0.226 e. The van der Waals surface area contributed by atoms with E-state index in [2.05, 4.69) is 130 Å². The number of hydrogen-bond donors (Lipinski definition) is 0. The highest BCUT2D eigenvalue weighted by Crippen LogP contribution is 2.43. The van der Waals surface area contributed by atoms with Gasteiger partial charge in [-0.1, -0.05) is 158 Å². The van der Waals surface area contributed by atoms with Crippen molar-refractivity contribution in [2.45, 2.75) is 32.4 Å². The highest BCUT2D eigenvalue weighted by molar-refractivity contribution is 7.15. The maximum atomic E-state index is 12.6. The van der Waals surface area contributed by atoms with Crippen LogP contribution in [0, 0.1) is 0 Å². The first-order valence-corrected chi connectivity index (χ1v) is 16.7. The number of carbonyl (C=O) groups excluding carboxylic acids is 1. The minimum Gasteiger partial charge on any atom is -0.282 e. The molecule has 0 saturated heterocycles. The van der Waals surface area contributed by atoms with Crippen LogP contribution in [0.25, 0.3) is 22.5 Å². The zero-order chi connectivity index (χ0) is 32.9. The summed E-state index contributed by atoms with van der Waals surface area (Å²) in [6.07, 6.45) is 0.782. The zero-order valence-electron chi connectivity index (χ0n) is 26.6. The predicted octanol–water partition coefficient (Wildman–Crippen LogP) is 7.81. The Bertz CT molecular complexity index is 2030. The summed E-state index contributed by atoms with van der Waals surface area (Å²) >= 11 is 1.45. The van der Waals surface area contributed by atoms with Gasteiger partial charge in [-0.25, -0.2) is 4.68 Å². The fourth-order valence-corrected chi connectivity index (χ4v) is 7.02. The van der Waals surface area contributed by atoms with Crippen molar-refractivity contribution in [2.75, 3.05) is 4.90 Å². The summed E-state index contributed by atoms with van der Waals surface area (Å²) < 4.78 is 1.96. The van der Waals surface area contributed by atoms with Gasteiger partial charge in [-0.3, -0.25) is 9.69 Å². The first-order valence-electron chi connectivity index (χ1n) is 15.8. The molecule has 1 amide bonds. The molecule has 2 aromatic heterocycles. The van der Waals surface area contributed by atoms with Gasteiger partial charge in [0.05, 0.1) is 6.54 Å². The quantitative estimate of drug-likeness (QED) is 0.141. The third-order valence-electron chi connectivity index (χ3n) is 8.51. The molecule has 0 aliphatic carbocycles. The molecule has 0 saturated carbocycles. The Hall–Kier alpha value is -5.80. The van der Waals surface area contributed by atoms with Crippen LogP contribution in [0.2, 0.25) is 0 Å². The molecule has 0 aliphatic rings. The van der Waals surface area contributed by atoms with Gasteiger partial charge in [0.1, 0.15) is 10.5 Å². The number of rotatable bonds is 10. The number of aromatic nitrogens is 6. The van der Waals surface area contributed by atoms with Crippen molar-refractivity contribution >= 4 is 22.4 Å². The standard InChI is InChI=1S/C39H33N7OS/c1-3-36-40-42-38(48-36)45(28(2)47)27-29-23-25-30(26-24-29)34-21-13-14-22-35(34)37-41-43-44-46(37)39(31-15-7-4-8-16-31,32-17-9-5-10-18-32)33-19-11-6-12-20-33/h4-26H,3,27H2,1-2H3. The molecule has 48 heavy (non-hydrogen) atoms. The molecule has 0 bridgehead atoms. The van der Waals surface area contributed by atoms with Gasteiger partial charge in [-0.05, 0) is 50.2 Å². The summed E-state index contributed by atoms with van der Waals surface area (Å²) in [4.78, 5) is 14.2. The number of nitrogens with zero attached hydrogens (tertiary/aromatic N) is 7. The molecule has 7 aromatic rings. The Labute approximate surface area is 283 Å². The van der Waals surface area contributed by atoms with Crippen molar-refractivity contribution in [2.24, 2.45) is 0 Å². The highest BCUT2D eigenvalue weighted by Gasteiger charge is 2.42. The van der Waals surface area contributed by atoms with Gasteiger partial charge in [0, 0.05) is 12.5 Å². The maximum absolute atomic E-state index is 12.6. The minimum absolute atomic E-state index is 0.0752. The first-order chi connectivity index (χ1) is 23.6. The Morgan fingerprint density at radius 1 is 0.688 bits per heavy atom. The van der Waals surface area contributed by atoms with Crippen LogP contribution in [0.15, 0.2) is 140 Å². The molecule has 9 heteroatoms. The lowest BCUT2D eigenvalue weighted by Crippen LogP contribution is -2.39. The normalized spacial score (nSPS) is 11.4. The second kappa shape index (κ2) is 13.5. The molecule has 236 valence electrons. The van der Waals surface area contributed by atoms with Crippen LogP contribution in [-0.2, 0) is 23.3 Å². The van der Waals surface area contributed by atoms with Gasteiger partial charge in [0.25, 0.3) is 0 Å². The number of carbonyl (C=O) groups is 1. The van der Waals surface area contributed by atoms with E-state index in [0.29, 0.717) is 17.5 Å². The summed E-state index contributed by atoms with van der Waals surface area (Å²) in [5.41, 5.74) is 6.13. The van der Waals surface area contributed by atoms with E-state index in [0.717, 1.165) is 50.4 Å². The number of hydrogen-bond acceptors (Lipinski definition) is 7. The van der Waals surface area contributed by atoms with Crippen molar-refractivity contribution in [1.29, 1.82) is 0 Å². The lowest BCUT2D eigenvalue weighted by atomic mass is 9.77. The Kier molecular flexibility index (Phi) is 8.68. The van der Waals surface area contributed by atoms with Crippen LogP contribution in [0.4, 0.5) is 5.13 Å². The molecule has 0 aliphatic heterocycles. The van der Waals surface area contributed by atoms with Crippen LogP contribution < -0.4 is 4.90 Å². The molecular weight excluding hydrogens is 615 g/mol. The smallest absolute Gasteiger partial charge is 0.226 e. The summed E-state index contributed by atoms with van der Waals surface area (Å²) in [6, 6.07) is 47.6. The van der Waals surface area contributed by atoms with Crippen molar-refractivity contribution in [3.63, 3.8) is 0 Å². The molecule has 0 radical (unpaired) electrons. The van der Waals surface area contributed by atoms with Crippen molar-refractivity contribution in [1.82, 2.24) is 30.4 Å². The predicted molar refractivity (Wildman–Crippen MR) is 189 cm³/mol. The van der Waals surface area contributed by atoms with Crippen LogP contribution in [0.5, 0.6) is 0 Å². The third-order valence-corrected chi connectivity index (χ3v) is 9.60. The van der Waals surface area contributed by atoms with Crippen LogP contribution in [0.1, 0.15) is 41.1 Å². The second-order valence-corrected chi connectivity index (χ2v) is 12.4. The average Bonchev–Trinajstić information content (AvgIpc) is 3.83. The lowest BCUT2D eigenvalue weighted by Gasteiger charge is -2.36. The SMILES string of the molecule is CCc1nnc(N(Cc2ccc(-c3ccccc3-c3nnnn3C(c3ccccc3)(c3ccccc3)c3ccccc3)cc2)C(C)=O)s1. The highest BCUT2D eigenvalue weighted by atomic mass is 32.1. The molecule has 7 rings (SSSR count). The molecule has 0 unspecified atom stereocenters. The third kappa shape index (κ3) is 5.69. The monoisotopic (exact) mass is 647 g/mol. The van der Waals surface area contributed by atoms with E-state index in [1.54, 1.807) is 11.8 Å². The topological polar surface area (TPSA) is 89.7 Å².